The van der Waals surface area contributed by atoms with Crippen LogP contribution in [-0.2, 0) is 21.0 Å². The Morgan fingerprint density at radius 2 is 2.06 bits per heavy atom. The molecule has 4 heteroatoms. The van der Waals surface area contributed by atoms with Gasteiger partial charge in [0.1, 0.15) is 6.10 Å². The van der Waals surface area contributed by atoms with E-state index >= 15 is 0 Å². The second kappa shape index (κ2) is 6.98. The van der Waals surface area contributed by atoms with Gasteiger partial charge in [-0.2, -0.15) is 0 Å². The molecule has 1 N–H and O–H groups in total. The quantitative estimate of drug-likeness (QED) is 0.746. The number of hydroxylamine groups is 1. The molecule has 16 heavy (non-hydrogen) atoms. The normalized spacial score (nSPS) is 12.1. The molecule has 0 bridgehead atoms. The van der Waals surface area contributed by atoms with E-state index in [-0.39, 0.29) is 5.91 Å². The number of rotatable bonds is 6. The monoisotopic (exact) mass is 223 g/mol. The van der Waals surface area contributed by atoms with Crippen LogP contribution < -0.4 is 5.48 Å². The maximum Gasteiger partial charge on any atom is 0.272 e. The van der Waals surface area contributed by atoms with Crippen molar-refractivity contribution < 1.29 is 14.4 Å². The maximum atomic E-state index is 11.4. The number of hydrogen-bond acceptors (Lipinski definition) is 3. The lowest BCUT2D eigenvalue weighted by Gasteiger charge is -2.12. The molecule has 0 heterocycles. The molecule has 0 aliphatic carbocycles. The SMILES string of the molecule is CCC(OC)C(=O)NOCc1ccccc1. The van der Waals surface area contributed by atoms with Gasteiger partial charge in [0.15, 0.2) is 0 Å². The summed E-state index contributed by atoms with van der Waals surface area (Å²) in [6, 6.07) is 9.63. The van der Waals surface area contributed by atoms with E-state index in [1.165, 1.54) is 7.11 Å². The first-order chi connectivity index (χ1) is 7.77. The van der Waals surface area contributed by atoms with Crippen molar-refractivity contribution in [3.8, 4) is 0 Å². The summed E-state index contributed by atoms with van der Waals surface area (Å²) in [6.07, 6.45) is 0.174. The third kappa shape index (κ3) is 4.00. The van der Waals surface area contributed by atoms with Crippen molar-refractivity contribution >= 4 is 5.91 Å². The number of ether oxygens (including phenoxy) is 1. The standard InChI is InChI=1S/C12H17NO3/c1-3-11(15-2)12(14)13-16-9-10-7-5-4-6-8-10/h4-8,11H,3,9H2,1-2H3,(H,13,14). The molecule has 0 aliphatic heterocycles. The van der Waals surface area contributed by atoms with Gasteiger partial charge < -0.3 is 4.74 Å². The molecular weight excluding hydrogens is 206 g/mol. The first-order valence-electron chi connectivity index (χ1n) is 5.26. The number of hydrogen-bond donors (Lipinski definition) is 1. The summed E-state index contributed by atoms with van der Waals surface area (Å²) in [6.45, 7) is 2.23. The van der Waals surface area contributed by atoms with Gasteiger partial charge in [0.2, 0.25) is 0 Å². The van der Waals surface area contributed by atoms with Gasteiger partial charge in [-0.05, 0) is 12.0 Å². The summed E-state index contributed by atoms with van der Waals surface area (Å²) < 4.78 is 4.97. The molecule has 1 rings (SSSR count). The van der Waals surface area contributed by atoms with Crippen molar-refractivity contribution in [1.29, 1.82) is 0 Å². The summed E-state index contributed by atoms with van der Waals surface area (Å²) in [5.41, 5.74) is 3.38. The van der Waals surface area contributed by atoms with Crippen LogP contribution in [0.5, 0.6) is 0 Å². The molecular formula is C12H17NO3. The summed E-state index contributed by atoms with van der Waals surface area (Å²) in [4.78, 5) is 16.5. The van der Waals surface area contributed by atoms with E-state index in [2.05, 4.69) is 5.48 Å². The topological polar surface area (TPSA) is 47.6 Å². The molecule has 0 saturated carbocycles. The molecule has 0 aliphatic rings. The van der Waals surface area contributed by atoms with Crippen LogP contribution in [0.3, 0.4) is 0 Å². The highest BCUT2D eigenvalue weighted by Crippen LogP contribution is 2.00. The molecule has 0 spiro atoms. The van der Waals surface area contributed by atoms with Gasteiger partial charge >= 0.3 is 0 Å². The third-order valence-electron chi connectivity index (χ3n) is 2.20. The zero-order valence-electron chi connectivity index (χ0n) is 9.60. The maximum absolute atomic E-state index is 11.4. The minimum atomic E-state index is -0.448. The smallest absolute Gasteiger partial charge is 0.272 e. The summed E-state index contributed by atoms with van der Waals surface area (Å²) in [5.74, 6) is -0.249. The zero-order chi connectivity index (χ0) is 11.8. The Labute approximate surface area is 95.5 Å². The molecule has 0 radical (unpaired) electrons. The van der Waals surface area contributed by atoms with Crippen LogP contribution in [0, 0.1) is 0 Å². The van der Waals surface area contributed by atoms with E-state index in [0.29, 0.717) is 13.0 Å². The predicted octanol–water partition coefficient (Wildman–Crippen LogP) is 1.66. The number of methoxy groups -OCH3 is 1. The molecule has 1 amide bonds. The van der Waals surface area contributed by atoms with E-state index in [4.69, 9.17) is 9.57 Å². The zero-order valence-corrected chi connectivity index (χ0v) is 9.60. The van der Waals surface area contributed by atoms with Crippen molar-refractivity contribution in [2.45, 2.75) is 26.1 Å². The van der Waals surface area contributed by atoms with Crippen LogP contribution in [0.2, 0.25) is 0 Å². The number of carbonyl (C=O) groups excluding carboxylic acids is 1. The van der Waals surface area contributed by atoms with Crippen molar-refractivity contribution in [3.63, 3.8) is 0 Å². The van der Waals surface area contributed by atoms with Crippen molar-refractivity contribution in [2.24, 2.45) is 0 Å². The molecule has 1 atom stereocenters. The molecule has 88 valence electrons. The van der Waals surface area contributed by atoms with Crippen LogP contribution >= 0.6 is 0 Å². The second-order valence-electron chi connectivity index (χ2n) is 3.37. The van der Waals surface area contributed by atoms with Crippen LogP contribution in [-0.4, -0.2) is 19.1 Å². The Morgan fingerprint density at radius 3 is 2.62 bits per heavy atom. The van der Waals surface area contributed by atoms with Crippen LogP contribution in [0.25, 0.3) is 0 Å². The Hall–Kier alpha value is -1.39. The van der Waals surface area contributed by atoms with Crippen LogP contribution in [0.1, 0.15) is 18.9 Å². The number of carbonyl (C=O) groups is 1. The molecule has 1 aromatic carbocycles. The Morgan fingerprint density at radius 1 is 1.38 bits per heavy atom. The molecule has 0 aromatic heterocycles. The Balaban J connectivity index is 2.28. The van der Waals surface area contributed by atoms with Gasteiger partial charge in [0.05, 0.1) is 6.61 Å². The van der Waals surface area contributed by atoms with E-state index in [9.17, 15) is 4.79 Å². The van der Waals surface area contributed by atoms with Crippen molar-refractivity contribution in [3.05, 3.63) is 35.9 Å². The second-order valence-corrected chi connectivity index (χ2v) is 3.37. The largest absolute Gasteiger partial charge is 0.372 e. The highest BCUT2D eigenvalue weighted by molar-refractivity contribution is 5.79. The molecule has 0 saturated heterocycles. The van der Waals surface area contributed by atoms with Gasteiger partial charge in [0, 0.05) is 7.11 Å². The highest BCUT2D eigenvalue weighted by atomic mass is 16.7. The molecule has 1 aromatic rings. The predicted molar refractivity (Wildman–Crippen MR) is 60.5 cm³/mol. The summed E-state index contributed by atoms with van der Waals surface area (Å²) >= 11 is 0. The van der Waals surface area contributed by atoms with E-state index in [0.717, 1.165) is 5.56 Å². The van der Waals surface area contributed by atoms with Crippen LogP contribution in [0.4, 0.5) is 0 Å². The van der Waals surface area contributed by atoms with Gasteiger partial charge in [-0.15, -0.1) is 0 Å². The van der Waals surface area contributed by atoms with E-state index in [1.807, 2.05) is 37.3 Å². The van der Waals surface area contributed by atoms with Gasteiger partial charge in [-0.1, -0.05) is 37.3 Å². The molecule has 1 unspecified atom stereocenters. The lowest BCUT2D eigenvalue weighted by molar-refractivity contribution is -0.145. The van der Waals surface area contributed by atoms with Gasteiger partial charge in [-0.3, -0.25) is 9.63 Å². The lowest BCUT2D eigenvalue weighted by atomic mass is 10.2. The average Bonchev–Trinajstić information content (AvgIpc) is 2.32. The fraction of sp³-hybridized carbons (Fsp3) is 0.417. The number of benzene rings is 1. The van der Waals surface area contributed by atoms with Crippen molar-refractivity contribution in [2.75, 3.05) is 7.11 Å². The Kier molecular flexibility index (Phi) is 5.53. The summed E-state index contributed by atoms with van der Waals surface area (Å²) in [7, 11) is 1.50. The average molecular weight is 223 g/mol. The van der Waals surface area contributed by atoms with E-state index in [1.54, 1.807) is 0 Å². The minimum absolute atomic E-state index is 0.249. The van der Waals surface area contributed by atoms with Crippen molar-refractivity contribution in [1.82, 2.24) is 5.48 Å². The first-order valence-corrected chi connectivity index (χ1v) is 5.26. The third-order valence-corrected chi connectivity index (χ3v) is 2.20. The lowest BCUT2D eigenvalue weighted by Crippen LogP contribution is -2.35. The fourth-order valence-corrected chi connectivity index (χ4v) is 1.29. The van der Waals surface area contributed by atoms with Crippen LogP contribution in [0.15, 0.2) is 30.3 Å². The van der Waals surface area contributed by atoms with Gasteiger partial charge in [-0.25, -0.2) is 5.48 Å². The Bertz CT molecular complexity index is 309. The van der Waals surface area contributed by atoms with Gasteiger partial charge in [0.25, 0.3) is 5.91 Å². The fourth-order valence-electron chi connectivity index (χ4n) is 1.29. The first kappa shape index (κ1) is 12.7. The number of amides is 1. The van der Waals surface area contributed by atoms with E-state index < -0.39 is 6.10 Å². The molecule has 4 nitrogen and oxygen atoms in total. The summed E-state index contributed by atoms with van der Waals surface area (Å²) in [5, 5.41) is 0. The highest BCUT2D eigenvalue weighted by Gasteiger charge is 2.14. The molecule has 0 fully saturated rings. The minimum Gasteiger partial charge on any atom is -0.372 e. The number of nitrogens with one attached hydrogen (secondary N) is 1.